The minimum atomic E-state index is -1.01. The maximum absolute atomic E-state index is 12.0. The number of piperidine rings is 1. The van der Waals surface area contributed by atoms with E-state index in [9.17, 15) is 14.7 Å². The summed E-state index contributed by atoms with van der Waals surface area (Å²) in [6.45, 7) is 1.05. The second-order valence-electron chi connectivity index (χ2n) is 4.59. The molecule has 2 saturated heterocycles. The highest BCUT2D eigenvalue weighted by atomic mass is 16.5. The molecule has 2 unspecified atom stereocenters. The number of aliphatic carboxylic acids is 1. The van der Waals surface area contributed by atoms with Gasteiger partial charge in [0, 0.05) is 13.1 Å². The van der Waals surface area contributed by atoms with Gasteiger partial charge in [0.15, 0.2) is 6.10 Å². The molecule has 0 saturated carbocycles. The highest BCUT2D eigenvalue weighted by Gasteiger charge is 2.37. The van der Waals surface area contributed by atoms with Crippen molar-refractivity contribution >= 4 is 11.9 Å². The predicted molar refractivity (Wildman–Crippen MR) is 57.4 cm³/mol. The lowest BCUT2D eigenvalue weighted by Gasteiger charge is -2.31. The van der Waals surface area contributed by atoms with Crippen molar-refractivity contribution in [3.8, 4) is 0 Å². The minimum absolute atomic E-state index is 0.138. The maximum Gasteiger partial charge on any atom is 0.332 e. The number of ether oxygens (including phenoxy) is 1. The smallest absolute Gasteiger partial charge is 0.332 e. The van der Waals surface area contributed by atoms with Gasteiger partial charge in [-0.2, -0.15) is 0 Å². The largest absolute Gasteiger partial charge is 0.479 e. The average molecular weight is 243 g/mol. The van der Waals surface area contributed by atoms with Crippen LogP contribution in [-0.4, -0.2) is 58.4 Å². The number of nitrogens with zero attached hydrogens (tertiary/aromatic N) is 1. The third-order valence-corrected chi connectivity index (χ3v) is 3.35. The van der Waals surface area contributed by atoms with E-state index in [1.807, 2.05) is 0 Å². The number of carbonyl (C=O) groups excluding carboxylic acids is 1. The quantitative estimate of drug-likeness (QED) is 0.689. The molecule has 0 spiro atoms. The fourth-order valence-electron chi connectivity index (χ4n) is 2.29. The molecule has 2 rings (SSSR count). The maximum atomic E-state index is 12.0. The fraction of sp³-hybridized carbons (Fsp3) is 0.818. The van der Waals surface area contributed by atoms with E-state index in [0.717, 1.165) is 0 Å². The van der Waals surface area contributed by atoms with Gasteiger partial charge in [-0.1, -0.05) is 0 Å². The molecule has 17 heavy (non-hydrogen) atoms. The lowest BCUT2D eigenvalue weighted by molar-refractivity contribution is -0.155. The number of carboxylic acid groups (broad SMARTS) is 1. The summed E-state index contributed by atoms with van der Waals surface area (Å²) in [7, 11) is 0. The van der Waals surface area contributed by atoms with Crippen molar-refractivity contribution in [3.63, 3.8) is 0 Å². The number of aliphatic hydroxyl groups excluding tert-OH is 1. The molecule has 0 aromatic carbocycles. The van der Waals surface area contributed by atoms with E-state index in [1.165, 1.54) is 0 Å². The molecule has 6 heteroatoms. The average Bonchev–Trinajstić information content (AvgIpc) is 2.78. The van der Waals surface area contributed by atoms with Crippen LogP contribution in [0.5, 0.6) is 0 Å². The third kappa shape index (κ3) is 2.76. The van der Waals surface area contributed by atoms with Gasteiger partial charge in [-0.3, -0.25) is 4.79 Å². The van der Waals surface area contributed by atoms with Gasteiger partial charge in [-0.25, -0.2) is 4.79 Å². The molecule has 0 radical (unpaired) electrons. The number of likely N-dealkylation sites (tertiary alicyclic amines) is 1. The summed E-state index contributed by atoms with van der Waals surface area (Å²) in [5.74, 6) is -1.14. The number of carbonyl (C=O) groups is 2. The van der Waals surface area contributed by atoms with Crippen molar-refractivity contribution in [2.24, 2.45) is 0 Å². The third-order valence-electron chi connectivity index (χ3n) is 3.35. The number of hydrogen-bond acceptors (Lipinski definition) is 4. The van der Waals surface area contributed by atoms with Gasteiger partial charge in [-0.15, -0.1) is 0 Å². The van der Waals surface area contributed by atoms with Crippen molar-refractivity contribution in [3.05, 3.63) is 0 Å². The molecular weight excluding hydrogens is 226 g/mol. The van der Waals surface area contributed by atoms with E-state index in [0.29, 0.717) is 38.8 Å². The van der Waals surface area contributed by atoms with Crippen molar-refractivity contribution < 1.29 is 24.5 Å². The summed E-state index contributed by atoms with van der Waals surface area (Å²) in [5, 5.41) is 18.1. The number of hydrogen-bond donors (Lipinski definition) is 2. The summed E-state index contributed by atoms with van der Waals surface area (Å²) < 4.78 is 5.21. The van der Waals surface area contributed by atoms with E-state index in [1.54, 1.807) is 4.90 Å². The topological polar surface area (TPSA) is 87.1 Å². The van der Waals surface area contributed by atoms with Crippen LogP contribution in [0.15, 0.2) is 0 Å². The van der Waals surface area contributed by atoms with Crippen LogP contribution in [0.25, 0.3) is 0 Å². The van der Waals surface area contributed by atoms with Gasteiger partial charge in [0.2, 0.25) is 0 Å². The van der Waals surface area contributed by atoms with Gasteiger partial charge in [-0.05, 0) is 25.7 Å². The second kappa shape index (κ2) is 5.01. The minimum Gasteiger partial charge on any atom is -0.479 e. The molecule has 2 N–H and O–H groups in total. The fourth-order valence-corrected chi connectivity index (χ4v) is 2.29. The Kier molecular flexibility index (Phi) is 3.63. The SMILES string of the molecule is O=C(O)C1CCC(C(=O)N2CCC(O)CC2)O1. The van der Waals surface area contributed by atoms with Gasteiger partial charge in [0.25, 0.3) is 5.91 Å². The monoisotopic (exact) mass is 243 g/mol. The molecule has 0 aliphatic carbocycles. The first-order valence-electron chi connectivity index (χ1n) is 5.93. The van der Waals surface area contributed by atoms with Crippen LogP contribution in [0.2, 0.25) is 0 Å². The van der Waals surface area contributed by atoms with E-state index in [4.69, 9.17) is 9.84 Å². The van der Waals surface area contributed by atoms with E-state index < -0.39 is 18.2 Å². The molecule has 2 aliphatic heterocycles. The molecule has 2 aliphatic rings. The molecule has 2 fully saturated rings. The van der Waals surface area contributed by atoms with E-state index in [2.05, 4.69) is 0 Å². The Bertz CT molecular complexity index is 311. The van der Waals surface area contributed by atoms with Crippen molar-refractivity contribution in [2.45, 2.75) is 44.0 Å². The molecule has 2 atom stereocenters. The first-order valence-corrected chi connectivity index (χ1v) is 5.93. The van der Waals surface area contributed by atoms with Gasteiger partial charge < -0.3 is 19.8 Å². The predicted octanol–water partition coefficient (Wildman–Crippen LogP) is -0.398. The van der Waals surface area contributed by atoms with Crippen molar-refractivity contribution in [1.82, 2.24) is 4.90 Å². The Morgan fingerprint density at radius 1 is 1.06 bits per heavy atom. The van der Waals surface area contributed by atoms with Crippen LogP contribution >= 0.6 is 0 Å². The Labute approximate surface area is 99.2 Å². The van der Waals surface area contributed by atoms with Crippen LogP contribution < -0.4 is 0 Å². The van der Waals surface area contributed by atoms with Crippen molar-refractivity contribution in [1.29, 1.82) is 0 Å². The summed E-state index contributed by atoms with van der Waals surface area (Å²) in [6, 6.07) is 0. The first kappa shape index (κ1) is 12.3. The summed E-state index contributed by atoms with van der Waals surface area (Å²) in [4.78, 5) is 24.4. The van der Waals surface area contributed by atoms with Crippen LogP contribution in [0.4, 0.5) is 0 Å². The highest BCUT2D eigenvalue weighted by molar-refractivity contribution is 5.82. The molecule has 0 aromatic heterocycles. The number of aliphatic hydroxyl groups is 1. The van der Waals surface area contributed by atoms with E-state index >= 15 is 0 Å². The molecule has 2 heterocycles. The van der Waals surface area contributed by atoms with Gasteiger partial charge in [0.1, 0.15) is 6.10 Å². The zero-order chi connectivity index (χ0) is 12.4. The van der Waals surface area contributed by atoms with Gasteiger partial charge in [0.05, 0.1) is 6.10 Å². The van der Waals surface area contributed by atoms with Crippen molar-refractivity contribution in [2.75, 3.05) is 13.1 Å². The molecule has 6 nitrogen and oxygen atoms in total. The summed E-state index contributed by atoms with van der Waals surface area (Å²) >= 11 is 0. The number of amides is 1. The Balaban J connectivity index is 1.86. The van der Waals surface area contributed by atoms with Crippen LogP contribution in [0, 0.1) is 0 Å². The zero-order valence-electron chi connectivity index (χ0n) is 9.54. The molecule has 0 aromatic rings. The number of rotatable bonds is 2. The lowest BCUT2D eigenvalue weighted by atomic mass is 10.1. The molecule has 0 bridgehead atoms. The van der Waals surface area contributed by atoms with Gasteiger partial charge >= 0.3 is 5.97 Å². The van der Waals surface area contributed by atoms with Crippen LogP contribution in [-0.2, 0) is 14.3 Å². The highest BCUT2D eigenvalue weighted by Crippen LogP contribution is 2.23. The van der Waals surface area contributed by atoms with E-state index in [-0.39, 0.29) is 12.0 Å². The molecule has 96 valence electrons. The summed E-state index contributed by atoms with van der Waals surface area (Å²) in [5.41, 5.74) is 0. The lowest BCUT2D eigenvalue weighted by Crippen LogP contribution is -2.45. The molecular formula is C11H17NO5. The Morgan fingerprint density at radius 3 is 2.18 bits per heavy atom. The first-order chi connectivity index (χ1) is 8.08. The normalized spacial score (nSPS) is 30.5. The second-order valence-corrected chi connectivity index (χ2v) is 4.59. The standard InChI is InChI=1S/C11H17NO5/c13-7-3-5-12(6-4-7)10(14)8-1-2-9(17-8)11(15)16/h7-9,13H,1-6H2,(H,15,16). The Hall–Kier alpha value is -1.14. The zero-order valence-corrected chi connectivity index (χ0v) is 9.54. The summed E-state index contributed by atoms with van der Waals surface area (Å²) in [6.07, 6.45) is 0.236. The Morgan fingerprint density at radius 2 is 1.65 bits per heavy atom. The molecule has 1 amide bonds. The van der Waals surface area contributed by atoms with Crippen LogP contribution in [0.3, 0.4) is 0 Å². The van der Waals surface area contributed by atoms with Crippen LogP contribution in [0.1, 0.15) is 25.7 Å². The number of carboxylic acids is 1.